The summed E-state index contributed by atoms with van der Waals surface area (Å²) >= 11 is 0. The fourth-order valence-corrected chi connectivity index (χ4v) is 0.902. The van der Waals surface area contributed by atoms with Crippen LogP contribution in [0.1, 0.15) is 62.8 Å². The lowest BCUT2D eigenvalue weighted by atomic mass is 10.2. The maximum atomic E-state index is 10.8. The molecule has 0 saturated carbocycles. The predicted octanol–water partition coefficient (Wildman–Crippen LogP) is 2.97. The highest BCUT2D eigenvalue weighted by Crippen LogP contribution is 1.92. The van der Waals surface area contributed by atoms with E-state index in [0.717, 1.165) is 0 Å². The van der Waals surface area contributed by atoms with Crippen molar-refractivity contribution in [1.82, 2.24) is 10.6 Å². The average Bonchev–Trinajstić information content (AvgIpc) is 2.16. The summed E-state index contributed by atoms with van der Waals surface area (Å²) in [4.78, 5) is 21.7. The molecule has 0 radical (unpaired) electrons. The average molecular weight is 274 g/mol. The Labute approximate surface area is 119 Å². The van der Waals surface area contributed by atoms with Crippen LogP contribution in [0.15, 0.2) is 0 Å². The SMILES string of the molecule is C.CC(C)NC(=O)C(C)C.CC(C)NC(=O)C(C)C. The lowest BCUT2D eigenvalue weighted by molar-refractivity contribution is -0.125. The van der Waals surface area contributed by atoms with Gasteiger partial charge in [0.25, 0.3) is 0 Å². The molecule has 4 nitrogen and oxygen atoms in total. The molecule has 2 N–H and O–H groups in total. The minimum Gasteiger partial charge on any atom is -0.354 e. The van der Waals surface area contributed by atoms with Crippen molar-refractivity contribution in [3.05, 3.63) is 0 Å². The van der Waals surface area contributed by atoms with Gasteiger partial charge in [0.1, 0.15) is 0 Å². The first-order chi connectivity index (χ1) is 8.07. The van der Waals surface area contributed by atoms with Gasteiger partial charge in [0.05, 0.1) is 0 Å². The molecule has 0 aromatic heterocycles. The van der Waals surface area contributed by atoms with Crippen LogP contribution in [-0.2, 0) is 9.59 Å². The lowest BCUT2D eigenvalue weighted by Gasteiger charge is -2.09. The molecular formula is C15H34N2O2. The van der Waals surface area contributed by atoms with Crippen molar-refractivity contribution < 1.29 is 9.59 Å². The molecule has 19 heavy (non-hydrogen) atoms. The summed E-state index contributed by atoms with van der Waals surface area (Å²) in [5.74, 6) is 0.467. The van der Waals surface area contributed by atoms with Gasteiger partial charge in [-0.1, -0.05) is 35.1 Å². The molecule has 0 rings (SSSR count). The minimum atomic E-state index is 0. The van der Waals surface area contributed by atoms with E-state index in [1.165, 1.54) is 0 Å². The zero-order valence-electron chi connectivity index (χ0n) is 13.1. The Morgan fingerprint density at radius 2 is 0.842 bits per heavy atom. The number of nitrogens with one attached hydrogen (secondary N) is 2. The number of rotatable bonds is 4. The number of hydrogen-bond acceptors (Lipinski definition) is 2. The van der Waals surface area contributed by atoms with Gasteiger partial charge in [0.2, 0.25) is 11.8 Å². The van der Waals surface area contributed by atoms with Crippen LogP contribution < -0.4 is 10.6 Å². The monoisotopic (exact) mass is 274 g/mol. The Bertz CT molecular complexity index is 221. The van der Waals surface area contributed by atoms with Gasteiger partial charge in [-0.25, -0.2) is 0 Å². The van der Waals surface area contributed by atoms with Crippen LogP contribution in [-0.4, -0.2) is 23.9 Å². The first-order valence-corrected chi connectivity index (χ1v) is 6.68. The van der Waals surface area contributed by atoms with Crippen molar-refractivity contribution in [2.24, 2.45) is 11.8 Å². The van der Waals surface area contributed by atoms with Crippen LogP contribution in [0.3, 0.4) is 0 Å². The molecule has 0 spiro atoms. The van der Waals surface area contributed by atoms with Crippen molar-refractivity contribution in [3.63, 3.8) is 0 Å². The van der Waals surface area contributed by atoms with Crippen molar-refractivity contribution in [2.75, 3.05) is 0 Å². The predicted molar refractivity (Wildman–Crippen MR) is 83.0 cm³/mol. The molecule has 0 aromatic rings. The van der Waals surface area contributed by atoms with E-state index in [4.69, 9.17) is 0 Å². The number of carbonyl (C=O) groups is 2. The van der Waals surface area contributed by atoms with Crippen molar-refractivity contribution in [1.29, 1.82) is 0 Å². The molecule has 116 valence electrons. The van der Waals surface area contributed by atoms with Gasteiger partial charge in [0, 0.05) is 23.9 Å². The first-order valence-electron chi connectivity index (χ1n) is 6.68. The summed E-state index contributed by atoms with van der Waals surface area (Å²) in [6.07, 6.45) is 0. The molecule has 0 heterocycles. The smallest absolute Gasteiger partial charge is 0.222 e. The first kappa shape index (κ1) is 23.1. The third-order valence-corrected chi connectivity index (χ3v) is 1.91. The molecule has 0 fully saturated rings. The van der Waals surface area contributed by atoms with E-state index >= 15 is 0 Å². The van der Waals surface area contributed by atoms with E-state index in [1.54, 1.807) is 0 Å². The van der Waals surface area contributed by atoms with Gasteiger partial charge in [-0.15, -0.1) is 0 Å². The molecule has 0 aromatic carbocycles. The highest BCUT2D eigenvalue weighted by Gasteiger charge is 2.06. The third kappa shape index (κ3) is 16.9. The van der Waals surface area contributed by atoms with Crippen LogP contribution >= 0.6 is 0 Å². The summed E-state index contributed by atoms with van der Waals surface area (Å²) in [6, 6.07) is 0.528. The number of carbonyl (C=O) groups excluding carboxylic acids is 2. The molecule has 0 aliphatic heterocycles. The van der Waals surface area contributed by atoms with E-state index in [2.05, 4.69) is 10.6 Å². The van der Waals surface area contributed by atoms with Crippen LogP contribution in [0, 0.1) is 11.8 Å². The lowest BCUT2D eigenvalue weighted by Crippen LogP contribution is -2.33. The maximum Gasteiger partial charge on any atom is 0.222 e. The number of amides is 2. The third-order valence-electron chi connectivity index (χ3n) is 1.91. The zero-order valence-corrected chi connectivity index (χ0v) is 13.1. The molecule has 0 aliphatic rings. The molecule has 0 saturated heterocycles. The minimum absolute atomic E-state index is 0. The molecule has 0 unspecified atom stereocenters. The van der Waals surface area contributed by atoms with Gasteiger partial charge in [-0.05, 0) is 27.7 Å². The second-order valence-corrected chi connectivity index (χ2v) is 5.64. The fourth-order valence-electron chi connectivity index (χ4n) is 0.902. The largest absolute Gasteiger partial charge is 0.354 e. The molecular weight excluding hydrogens is 240 g/mol. The van der Waals surface area contributed by atoms with E-state index in [-0.39, 0.29) is 43.2 Å². The molecule has 4 heteroatoms. The highest BCUT2D eigenvalue weighted by molar-refractivity contribution is 5.78. The van der Waals surface area contributed by atoms with Gasteiger partial charge >= 0.3 is 0 Å². The Morgan fingerprint density at radius 1 is 0.632 bits per heavy atom. The Kier molecular flexibility index (Phi) is 14.6. The van der Waals surface area contributed by atoms with Crippen molar-refractivity contribution in [2.45, 2.75) is 74.9 Å². The van der Waals surface area contributed by atoms with Crippen molar-refractivity contribution in [3.8, 4) is 0 Å². The van der Waals surface area contributed by atoms with Gasteiger partial charge < -0.3 is 10.6 Å². The van der Waals surface area contributed by atoms with Crippen LogP contribution in [0.2, 0.25) is 0 Å². The Balaban J connectivity index is -0.000000256. The summed E-state index contributed by atoms with van der Waals surface area (Å²) < 4.78 is 0. The van der Waals surface area contributed by atoms with Crippen LogP contribution in [0.25, 0.3) is 0 Å². The summed E-state index contributed by atoms with van der Waals surface area (Å²) in [5, 5.41) is 5.61. The molecule has 0 atom stereocenters. The van der Waals surface area contributed by atoms with E-state index in [0.29, 0.717) is 0 Å². The second kappa shape index (κ2) is 12.0. The second-order valence-electron chi connectivity index (χ2n) is 5.64. The van der Waals surface area contributed by atoms with Gasteiger partial charge in [-0.3, -0.25) is 9.59 Å². The van der Waals surface area contributed by atoms with Gasteiger partial charge in [-0.2, -0.15) is 0 Å². The van der Waals surface area contributed by atoms with E-state index in [9.17, 15) is 9.59 Å². The normalized spacial score (nSPS) is 9.89. The fraction of sp³-hybridized carbons (Fsp3) is 0.867. The Morgan fingerprint density at radius 3 is 0.895 bits per heavy atom. The highest BCUT2D eigenvalue weighted by atomic mass is 16.2. The van der Waals surface area contributed by atoms with Crippen LogP contribution in [0.4, 0.5) is 0 Å². The van der Waals surface area contributed by atoms with Crippen LogP contribution in [0.5, 0.6) is 0 Å². The van der Waals surface area contributed by atoms with Crippen molar-refractivity contribution >= 4 is 11.8 Å². The molecule has 0 bridgehead atoms. The number of hydrogen-bond donors (Lipinski definition) is 2. The molecule has 2 amide bonds. The summed E-state index contributed by atoms with van der Waals surface area (Å²) in [6.45, 7) is 15.4. The quantitative estimate of drug-likeness (QED) is 0.828. The zero-order chi connectivity index (χ0) is 14.9. The van der Waals surface area contributed by atoms with E-state index < -0.39 is 0 Å². The standard InChI is InChI=1S/2C7H15NO.CH4/c2*1-5(2)7(9)8-6(3)4;/h2*5-6H,1-4H3,(H,8,9);1H4. The summed E-state index contributed by atoms with van der Waals surface area (Å²) in [7, 11) is 0. The van der Waals surface area contributed by atoms with E-state index in [1.807, 2.05) is 55.4 Å². The Hall–Kier alpha value is -1.06. The topological polar surface area (TPSA) is 58.2 Å². The van der Waals surface area contributed by atoms with Gasteiger partial charge in [0.15, 0.2) is 0 Å². The maximum absolute atomic E-state index is 10.8. The molecule has 0 aliphatic carbocycles. The summed E-state index contributed by atoms with van der Waals surface area (Å²) in [5.41, 5.74) is 0.